The highest BCUT2D eigenvalue weighted by Crippen LogP contribution is 2.32. The van der Waals surface area contributed by atoms with Crippen molar-refractivity contribution >= 4 is 29.1 Å². The van der Waals surface area contributed by atoms with Gasteiger partial charge in [0.2, 0.25) is 0 Å². The summed E-state index contributed by atoms with van der Waals surface area (Å²) in [6.07, 6.45) is 0. The summed E-state index contributed by atoms with van der Waals surface area (Å²) in [6, 6.07) is 3.11. The van der Waals surface area contributed by atoms with E-state index < -0.39 is 0 Å². The molecule has 0 radical (unpaired) electrons. The van der Waals surface area contributed by atoms with Crippen LogP contribution in [0.3, 0.4) is 0 Å². The lowest BCUT2D eigenvalue weighted by atomic mass is 10.2. The van der Waals surface area contributed by atoms with Gasteiger partial charge >= 0.3 is 0 Å². The SMILES string of the molecule is COCC(C)NC(=O)COc1c(Cl)cc(Cl)cc1CN. The minimum atomic E-state index is -0.261. The highest BCUT2D eigenvalue weighted by molar-refractivity contribution is 6.35. The van der Waals surface area contributed by atoms with Crippen molar-refractivity contribution < 1.29 is 14.3 Å². The maximum absolute atomic E-state index is 11.7. The molecule has 0 heterocycles. The van der Waals surface area contributed by atoms with Gasteiger partial charge in [-0.05, 0) is 19.1 Å². The number of methoxy groups -OCH3 is 1. The molecule has 1 rings (SSSR count). The smallest absolute Gasteiger partial charge is 0.258 e. The van der Waals surface area contributed by atoms with E-state index >= 15 is 0 Å². The molecule has 0 aliphatic rings. The molecule has 0 bridgehead atoms. The Balaban J connectivity index is 2.63. The van der Waals surface area contributed by atoms with E-state index in [9.17, 15) is 4.79 Å². The van der Waals surface area contributed by atoms with Gasteiger partial charge in [-0.25, -0.2) is 0 Å². The quantitative estimate of drug-likeness (QED) is 0.805. The Bertz CT molecular complexity index is 469. The van der Waals surface area contributed by atoms with Crippen molar-refractivity contribution in [1.82, 2.24) is 5.32 Å². The molecule has 3 N–H and O–H groups in total. The first kappa shape index (κ1) is 17.0. The van der Waals surface area contributed by atoms with Crippen molar-refractivity contribution in [3.63, 3.8) is 0 Å². The van der Waals surface area contributed by atoms with Gasteiger partial charge in [-0.15, -0.1) is 0 Å². The fourth-order valence-electron chi connectivity index (χ4n) is 1.67. The Hall–Kier alpha value is -1.01. The van der Waals surface area contributed by atoms with E-state index in [4.69, 9.17) is 38.4 Å². The fourth-order valence-corrected chi connectivity index (χ4v) is 2.26. The minimum Gasteiger partial charge on any atom is -0.482 e. The van der Waals surface area contributed by atoms with E-state index in [0.29, 0.717) is 28.0 Å². The summed E-state index contributed by atoms with van der Waals surface area (Å²) in [6.45, 7) is 2.34. The van der Waals surface area contributed by atoms with Crippen LogP contribution >= 0.6 is 23.2 Å². The number of ether oxygens (including phenoxy) is 2. The Morgan fingerprint density at radius 3 is 2.75 bits per heavy atom. The van der Waals surface area contributed by atoms with Gasteiger partial charge < -0.3 is 20.5 Å². The molecule has 112 valence electrons. The molecule has 20 heavy (non-hydrogen) atoms. The molecule has 5 nitrogen and oxygen atoms in total. The third-order valence-corrected chi connectivity index (χ3v) is 2.98. The zero-order valence-electron chi connectivity index (χ0n) is 11.4. The Kier molecular flexibility index (Phi) is 7.09. The summed E-state index contributed by atoms with van der Waals surface area (Å²) in [5.41, 5.74) is 6.25. The lowest BCUT2D eigenvalue weighted by Crippen LogP contribution is -2.38. The molecule has 1 amide bonds. The second kappa shape index (κ2) is 8.32. The summed E-state index contributed by atoms with van der Waals surface area (Å²) in [7, 11) is 1.57. The molecule has 1 atom stereocenters. The zero-order chi connectivity index (χ0) is 15.1. The van der Waals surface area contributed by atoms with Crippen molar-refractivity contribution in [2.45, 2.75) is 19.5 Å². The van der Waals surface area contributed by atoms with Crippen LogP contribution in [0.25, 0.3) is 0 Å². The molecule has 1 aromatic rings. The first-order valence-corrected chi connectivity index (χ1v) is 6.82. The molecule has 7 heteroatoms. The second-order valence-electron chi connectivity index (χ2n) is 4.29. The van der Waals surface area contributed by atoms with Crippen LogP contribution in [0.15, 0.2) is 12.1 Å². The molecule has 0 aliphatic heterocycles. The van der Waals surface area contributed by atoms with E-state index in [0.717, 1.165) is 0 Å². The van der Waals surface area contributed by atoms with E-state index in [-0.39, 0.29) is 25.1 Å². The number of rotatable bonds is 7. The Morgan fingerprint density at radius 2 is 2.15 bits per heavy atom. The lowest BCUT2D eigenvalue weighted by molar-refractivity contribution is -0.124. The topological polar surface area (TPSA) is 73.6 Å². The molecule has 0 saturated heterocycles. The second-order valence-corrected chi connectivity index (χ2v) is 5.14. The third kappa shape index (κ3) is 5.17. The highest BCUT2D eigenvalue weighted by Gasteiger charge is 2.13. The zero-order valence-corrected chi connectivity index (χ0v) is 12.9. The molecule has 0 fully saturated rings. The lowest BCUT2D eigenvalue weighted by Gasteiger charge is -2.15. The standard InChI is InChI=1S/C13H18Cl2N2O3/c1-8(6-19-2)17-12(18)7-20-13-9(5-16)3-10(14)4-11(13)15/h3-4,8H,5-7,16H2,1-2H3,(H,17,18). The van der Waals surface area contributed by atoms with Crippen molar-refractivity contribution in [2.75, 3.05) is 20.3 Å². The number of nitrogens with one attached hydrogen (secondary N) is 1. The van der Waals surface area contributed by atoms with Gasteiger partial charge in [-0.3, -0.25) is 4.79 Å². The summed E-state index contributed by atoms with van der Waals surface area (Å²) >= 11 is 11.9. The van der Waals surface area contributed by atoms with Crippen LogP contribution in [-0.4, -0.2) is 32.3 Å². The number of hydrogen-bond donors (Lipinski definition) is 2. The molecule has 0 aromatic heterocycles. The van der Waals surface area contributed by atoms with E-state index in [1.807, 2.05) is 6.92 Å². The van der Waals surface area contributed by atoms with Crippen LogP contribution in [0.5, 0.6) is 5.75 Å². The highest BCUT2D eigenvalue weighted by atomic mass is 35.5. The first-order chi connectivity index (χ1) is 9.47. The van der Waals surface area contributed by atoms with Gasteiger partial charge in [0.25, 0.3) is 5.91 Å². The predicted octanol–water partition coefficient (Wildman–Crippen LogP) is 1.98. The molecule has 1 aromatic carbocycles. The van der Waals surface area contributed by atoms with Gasteiger partial charge in [-0.2, -0.15) is 0 Å². The number of amides is 1. The van der Waals surface area contributed by atoms with Crippen LogP contribution in [0.4, 0.5) is 0 Å². The number of nitrogens with two attached hydrogens (primary N) is 1. The van der Waals surface area contributed by atoms with Gasteiger partial charge in [0, 0.05) is 30.3 Å². The minimum absolute atomic E-state index is 0.0919. The van der Waals surface area contributed by atoms with Crippen LogP contribution in [0.1, 0.15) is 12.5 Å². The first-order valence-electron chi connectivity index (χ1n) is 6.07. The maximum Gasteiger partial charge on any atom is 0.258 e. The van der Waals surface area contributed by atoms with Crippen molar-refractivity contribution in [2.24, 2.45) is 5.73 Å². The van der Waals surface area contributed by atoms with E-state index in [2.05, 4.69) is 5.32 Å². The van der Waals surface area contributed by atoms with Gasteiger partial charge in [0.05, 0.1) is 11.6 Å². The molecular formula is C13H18Cl2N2O3. The number of carbonyl (C=O) groups excluding carboxylic acids is 1. The molecule has 0 spiro atoms. The molecular weight excluding hydrogens is 303 g/mol. The maximum atomic E-state index is 11.7. The number of halogens is 2. The van der Waals surface area contributed by atoms with Gasteiger partial charge in [0.15, 0.2) is 6.61 Å². The van der Waals surface area contributed by atoms with Crippen LogP contribution in [0, 0.1) is 0 Å². The van der Waals surface area contributed by atoms with E-state index in [1.54, 1.807) is 19.2 Å². The van der Waals surface area contributed by atoms with Crippen LogP contribution in [-0.2, 0) is 16.1 Å². The average Bonchev–Trinajstić information content (AvgIpc) is 2.36. The van der Waals surface area contributed by atoms with Crippen LogP contribution < -0.4 is 15.8 Å². The largest absolute Gasteiger partial charge is 0.482 e. The summed E-state index contributed by atoms with van der Waals surface area (Å²) < 4.78 is 10.4. The Morgan fingerprint density at radius 1 is 1.45 bits per heavy atom. The summed E-state index contributed by atoms with van der Waals surface area (Å²) in [5, 5.41) is 3.53. The monoisotopic (exact) mass is 320 g/mol. The number of hydrogen-bond acceptors (Lipinski definition) is 4. The molecule has 0 saturated carbocycles. The normalized spacial score (nSPS) is 12.1. The van der Waals surface area contributed by atoms with E-state index in [1.165, 1.54) is 0 Å². The van der Waals surface area contributed by atoms with Gasteiger partial charge in [-0.1, -0.05) is 23.2 Å². The molecule has 1 unspecified atom stereocenters. The third-order valence-electron chi connectivity index (χ3n) is 2.48. The van der Waals surface area contributed by atoms with Crippen LogP contribution in [0.2, 0.25) is 10.0 Å². The average molecular weight is 321 g/mol. The van der Waals surface area contributed by atoms with Crippen molar-refractivity contribution in [3.05, 3.63) is 27.7 Å². The predicted molar refractivity (Wildman–Crippen MR) is 79.3 cm³/mol. The summed E-state index contributed by atoms with van der Waals surface area (Å²) in [5.74, 6) is 0.122. The number of carbonyl (C=O) groups is 1. The molecule has 0 aliphatic carbocycles. The van der Waals surface area contributed by atoms with Crippen molar-refractivity contribution in [1.29, 1.82) is 0 Å². The van der Waals surface area contributed by atoms with Gasteiger partial charge in [0.1, 0.15) is 5.75 Å². The summed E-state index contributed by atoms with van der Waals surface area (Å²) in [4.78, 5) is 11.7. The van der Waals surface area contributed by atoms with Crippen molar-refractivity contribution in [3.8, 4) is 5.75 Å². The fraction of sp³-hybridized carbons (Fsp3) is 0.462. The Labute approximate surface area is 128 Å². The number of benzene rings is 1.